The molecule has 2 aromatic carbocycles. The number of aryl methyl sites for hydroxylation is 1. The van der Waals surface area contributed by atoms with E-state index in [-0.39, 0.29) is 5.97 Å². The molecule has 0 spiro atoms. The number of esters is 1. The van der Waals surface area contributed by atoms with E-state index in [4.69, 9.17) is 4.74 Å². The van der Waals surface area contributed by atoms with Crippen molar-refractivity contribution < 1.29 is 9.53 Å². The topological polar surface area (TPSA) is 29.5 Å². The summed E-state index contributed by atoms with van der Waals surface area (Å²) < 4.78 is 4.82. The molecule has 0 amide bonds. The standard InChI is InChI=1S/C17H19NO2/c1-13-8-10-15(11-9-13)18(2)12-14-6-4-5-7-16(14)17(19)20-3/h4-11H,12H2,1-3H3. The maximum Gasteiger partial charge on any atom is 0.338 e. The zero-order valence-corrected chi connectivity index (χ0v) is 12.1. The van der Waals surface area contributed by atoms with E-state index in [1.807, 2.05) is 25.2 Å². The summed E-state index contributed by atoms with van der Waals surface area (Å²) in [6, 6.07) is 15.9. The molecule has 3 nitrogen and oxygen atoms in total. The van der Waals surface area contributed by atoms with Gasteiger partial charge in [-0.05, 0) is 30.7 Å². The van der Waals surface area contributed by atoms with Gasteiger partial charge in [0.25, 0.3) is 0 Å². The molecule has 2 aromatic rings. The molecule has 0 saturated carbocycles. The molecule has 0 heterocycles. The average molecular weight is 269 g/mol. The summed E-state index contributed by atoms with van der Waals surface area (Å²) in [6.45, 7) is 2.73. The quantitative estimate of drug-likeness (QED) is 0.797. The highest BCUT2D eigenvalue weighted by atomic mass is 16.5. The van der Waals surface area contributed by atoms with Crippen LogP contribution in [-0.2, 0) is 11.3 Å². The minimum absolute atomic E-state index is 0.294. The summed E-state index contributed by atoms with van der Waals surface area (Å²) in [5.41, 5.74) is 3.93. The van der Waals surface area contributed by atoms with Gasteiger partial charge in [0.1, 0.15) is 0 Å². The number of anilines is 1. The van der Waals surface area contributed by atoms with Gasteiger partial charge in [-0.2, -0.15) is 0 Å². The first-order chi connectivity index (χ1) is 9.61. The molecule has 0 aliphatic rings. The van der Waals surface area contributed by atoms with E-state index in [9.17, 15) is 4.79 Å². The van der Waals surface area contributed by atoms with Gasteiger partial charge in [-0.15, -0.1) is 0 Å². The lowest BCUT2D eigenvalue weighted by Gasteiger charge is -2.20. The summed E-state index contributed by atoms with van der Waals surface area (Å²) in [5, 5.41) is 0. The Morgan fingerprint density at radius 1 is 1.10 bits per heavy atom. The molecule has 0 radical (unpaired) electrons. The van der Waals surface area contributed by atoms with Crippen LogP contribution < -0.4 is 4.90 Å². The predicted molar refractivity (Wildman–Crippen MR) is 81.1 cm³/mol. The first-order valence-corrected chi connectivity index (χ1v) is 6.56. The molecule has 0 unspecified atom stereocenters. The maximum atomic E-state index is 11.8. The molecule has 20 heavy (non-hydrogen) atoms. The fourth-order valence-corrected chi connectivity index (χ4v) is 2.11. The van der Waals surface area contributed by atoms with Crippen LogP contribution in [0.5, 0.6) is 0 Å². The zero-order chi connectivity index (χ0) is 14.5. The van der Waals surface area contributed by atoms with Gasteiger partial charge in [-0.25, -0.2) is 4.79 Å². The van der Waals surface area contributed by atoms with Gasteiger partial charge < -0.3 is 9.64 Å². The minimum Gasteiger partial charge on any atom is -0.465 e. The molecule has 0 bridgehead atoms. The van der Waals surface area contributed by atoms with Crippen LogP contribution in [0.1, 0.15) is 21.5 Å². The second-order valence-electron chi connectivity index (χ2n) is 4.84. The second-order valence-corrected chi connectivity index (χ2v) is 4.84. The number of hydrogen-bond acceptors (Lipinski definition) is 3. The first-order valence-electron chi connectivity index (χ1n) is 6.56. The van der Waals surface area contributed by atoms with Gasteiger partial charge in [0, 0.05) is 19.3 Å². The zero-order valence-electron chi connectivity index (χ0n) is 12.1. The van der Waals surface area contributed by atoms with Gasteiger partial charge in [-0.3, -0.25) is 0 Å². The van der Waals surface area contributed by atoms with E-state index < -0.39 is 0 Å². The lowest BCUT2D eigenvalue weighted by atomic mass is 10.1. The molecule has 0 N–H and O–H groups in total. The Kier molecular flexibility index (Phi) is 4.41. The number of hydrogen-bond donors (Lipinski definition) is 0. The highest BCUT2D eigenvalue weighted by Gasteiger charge is 2.12. The highest BCUT2D eigenvalue weighted by Crippen LogP contribution is 2.18. The Morgan fingerprint density at radius 3 is 2.40 bits per heavy atom. The molecule has 0 aliphatic carbocycles. The van der Waals surface area contributed by atoms with Gasteiger partial charge >= 0.3 is 5.97 Å². The van der Waals surface area contributed by atoms with Crippen LogP contribution in [0.4, 0.5) is 5.69 Å². The number of carbonyl (C=O) groups is 1. The molecule has 0 fully saturated rings. The van der Waals surface area contributed by atoms with Gasteiger partial charge in [0.2, 0.25) is 0 Å². The van der Waals surface area contributed by atoms with E-state index in [0.29, 0.717) is 12.1 Å². The summed E-state index contributed by atoms with van der Waals surface area (Å²) in [6.07, 6.45) is 0. The summed E-state index contributed by atoms with van der Waals surface area (Å²) in [7, 11) is 3.42. The summed E-state index contributed by atoms with van der Waals surface area (Å²) in [5.74, 6) is -0.294. The van der Waals surface area contributed by atoms with E-state index in [1.165, 1.54) is 12.7 Å². The normalized spacial score (nSPS) is 10.2. The molecule has 0 aromatic heterocycles. The van der Waals surface area contributed by atoms with E-state index >= 15 is 0 Å². The smallest absolute Gasteiger partial charge is 0.338 e. The Balaban J connectivity index is 2.21. The molecule has 104 valence electrons. The Labute approximate surface area is 119 Å². The third-order valence-corrected chi connectivity index (χ3v) is 3.30. The fourth-order valence-electron chi connectivity index (χ4n) is 2.11. The van der Waals surface area contributed by atoms with Crippen LogP contribution in [0.15, 0.2) is 48.5 Å². The highest BCUT2D eigenvalue weighted by molar-refractivity contribution is 5.91. The Morgan fingerprint density at radius 2 is 1.75 bits per heavy atom. The van der Waals surface area contributed by atoms with Crippen LogP contribution >= 0.6 is 0 Å². The van der Waals surface area contributed by atoms with Crippen LogP contribution in [0, 0.1) is 6.92 Å². The average Bonchev–Trinajstić information content (AvgIpc) is 2.47. The van der Waals surface area contributed by atoms with Crippen molar-refractivity contribution in [3.05, 3.63) is 65.2 Å². The third-order valence-electron chi connectivity index (χ3n) is 3.30. The number of ether oxygens (including phenoxy) is 1. The second kappa shape index (κ2) is 6.24. The van der Waals surface area contributed by atoms with Crippen molar-refractivity contribution in [3.63, 3.8) is 0 Å². The maximum absolute atomic E-state index is 11.8. The van der Waals surface area contributed by atoms with Crippen molar-refractivity contribution in [1.29, 1.82) is 0 Å². The monoisotopic (exact) mass is 269 g/mol. The van der Waals surface area contributed by atoms with Crippen molar-refractivity contribution in [2.45, 2.75) is 13.5 Å². The fraction of sp³-hybridized carbons (Fsp3) is 0.235. The SMILES string of the molecule is COC(=O)c1ccccc1CN(C)c1ccc(C)cc1. The molecule has 3 heteroatoms. The number of methoxy groups -OCH3 is 1. The molecule has 0 saturated heterocycles. The predicted octanol–water partition coefficient (Wildman–Crippen LogP) is 3.42. The lowest BCUT2D eigenvalue weighted by Crippen LogP contribution is -2.18. The van der Waals surface area contributed by atoms with Crippen molar-refractivity contribution in [2.75, 3.05) is 19.1 Å². The van der Waals surface area contributed by atoms with Gasteiger partial charge in [0.05, 0.1) is 12.7 Å². The third kappa shape index (κ3) is 3.18. The van der Waals surface area contributed by atoms with E-state index in [1.54, 1.807) is 6.07 Å². The Hall–Kier alpha value is -2.29. The van der Waals surface area contributed by atoms with Gasteiger partial charge in [-0.1, -0.05) is 35.9 Å². The van der Waals surface area contributed by atoms with E-state index in [2.05, 4.69) is 36.1 Å². The van der Waals surface area contributed by atoms with Crippen LogP contribution in [0.3, 0.4) is 0 Å². The van der Waals surface area contributed by atoms with Crippen molar-refractivity contribution in [1.82, 2.24) is 0 Å². The van der Waals surface area contributed by atoms with Crippen molar-refractivity contribution >= 4 is 11.7 Å². The summed E-state index contributed by atoms with van der Waals surface area (Å²) in [4.78, 5) is 13.9. The van der Waals surface area contributed by atoms with Crippen LogP contribution in [-0.4, -0.2) is 20.1 Å². The number of nitrogens with zero attached hydrogens (tertiary/aromatic N) is 1. The number of carbonyl (C=O) groups excluding carboxylic acids is 1. The van der Waals surface area contributed by atoms with Crippen LogP contribution in [0.2, 0.25) is 0 Å². The van der Waals surface area contributed by atoms with Crippen LogP contribution in [0.25, 0.3) is 0 Å². The summed E-state index contributed by atoms with van der Waals surface area (Å²) >= 11 is 0. The number of rotatable bonds is 4. The van der Waals surface area contributed by atoms with Crippen molar-refractivity contribution in [2.24, 2.45) is 0 Å². The lowest BCUT2D eigenvalue weighted by molar-refractivity contribution is 0.0599. The first kappa shape index (κ1) is 14.1. The molecular formula is C17H19NO2. The molecule has 0 aliphatic heterocycles. The van der Waals surface area contributed by atoms with Gasteiger partial charge in [0.15, 0.2) is 0 Å². The number of benzene rings is 2. The van der Waals surface area contributed by atoms with E-state index in [0.717, 1.165) is 11.3 Å². The molecular weight excluding hydrogens is 250 g/mol. The van der Waals surface area contributed by atoms with Crippen molar-refractivity contribution in [3.8, 4) is 0 Å². The Bertz CT molecular complexity index is 590. The largest absolute Gasteiger partial charge is 0.465 e. The minimum atomic E-state index is -0.294. The molecule has 2 rings (SSSR count). The molecule has 0 atom stereocenters.